The predicted molar refractivity (Wildman–Crippen MR) is 81.5 cm³/mol. The van der Waals surface area contributed by atoms with Gasteiger partial charge in [0.25, 0.3) is 0 Å². The van der Waals surface area contributed by atoms with Gasteiger partial charge in [-0.05, 0) is 29.8 Å². The van der Waals surface area contributed by atoms with E-state index in [0.29, 0.717) is 0 Å². The van der Waals surface area contributed by atoms with Crippen LogP contribution in [-0.4, -0.2) is 12.4 Å². The number of hydrogen-bond acceptors (Lipinski definition) is 1. The topological polar surface area (TPSA) is 23.8 Å². The monoisotopic (exact) mass is 415 g/mol. The SMILES string of the molecule is N#Cc1ccc(-c2c(Cl)cc(Cl)cc2C(F)(C(F)(F)F)C(F)(F)F)cc1. The van der Waals surface area contributed by atoms with Gasteiger partial charge in [-0.25, -0.2) is 4.39 Å². The van der Waals surface area contributed by atoms with E-state index in [9.17, 15) is 30.7 Å². The van der Waals surface area contributed by atoms with Crippen molar-refractivity contribution in [2.24, 2.45) is 0 Å². The van der Waals surface area contributed by atoms with Gasteiger partial charge >= 0.3 is 18.0 Å². The van der Waals surface area contributed by atoms with Gasteiger partial charge in [0.1, 0.15) is 0 Å². The van der Waals surface area contributed by atoms with Crippen LogP contribution in [0, 0.1) is 11.3 Å². The molecule has 0 atom stereocenters. The Morgan fingerprint density at radius 1 is 0.808 bits per heavy atom. The summed E-state index contributed by atoms with van der Waals surface area (Å²) in [4.78, 5) is 0. The van der Waals surface area contributed by atoms with Gasteiger partial charge < -0.3 is 0 Å². The number of rotatable bonds is 2. The van der Waals surface area contributed by atoms with Gasteiger partial charge in [-0.2, -0.15) is 31.6 Å². The molecular weight excluding hydrogens is 410 g/mol. The fourth-order valence-corrected chi connectivity index (χ4v) is 2.92. The van der Waals surface area contributed by atoms with Crippen LogP contribution in [0.1, 0.15) is 11.1 Å². The summed E-state index contributed by atoms with van der Waals surface area (Å²) in [5, 5.41) is 7.53. The highest BCUT2D eigenvalue weighted by Crippen LogP contribution is 2.56. The molecule has 0 heterocycles. The number of nitrogens with zero attached hydrogens (tertiary/aromatic N) is 1. The molecule has 1 nitrogen and oxygen atoms in total. The fourth-order valence-electron chi connectivity index (χ4n) is 2.32. The molecule has 2 rings (SSSR count). The number of hydrogen-bond donors (Lipinski definition) is 0. The maximum Gasteiger partial charge on any atom is 0.435 e. The Morgan fingerprint density at radius 3 is 1.73 bits per heavy atom. The van der Waals surface area contributed by atoms with E-state index < -0.39 is 39.2 Å². The van der Waals surface area contributed by atoms with Crippen LogP contribution in [0.4, 0.5) is 30.7 Å². The summed E-state index contributed by atoms with van der Waals surface area (Å²) in [5.41, 5.74) is -8.44. The normalized spacial score (nSPS) is 12.8. The quantitative estimate of drug-likeness (QED) is 0.493. The van der Waals surface area contributed by atoms with Crippen molar-refractivity contribution in [3.63, 3.8) is 0 Å². The molecular formula is C16H6Cl2F7N. The maximum atomic E-state index is 14.6. The number of benzene rings is 2. The molecule has 0 aromatic heterocycles. The van der Waals surface area contributed by atoms with E-state index in [1.54, 1.807) is 6.07 Å². The van der Waals surface area contributed by atoms with Gasteiger partial charge in [0.2, 0.25) is 0 Å². The highest BCUT2D eigenvalue weighted by atomic mass is 35.5. The summed E-state index contributed by atoms with van der Waals surface area (Å²) in [5.74, 6) is 0. The molecule has 0 aliphatic heterocycles. The number of halogens is 9. The summed E-state index contributed by atoms with van der Waals surface area (Å²) in [6.45, 7) is 0. The first-order valence-corrected chi connectivity index (χ1v) is 7.41. The minimum atomic E-state index is -6.32. The predicted octanol–water partition coefficient (Wildman–Crippen LogP) is 6.82. The lowest BCUT2D eigenvalue weighted by Gasteiger charge is -2.32. The largest absolute Gasteiger partial charge is 0.435 e. The zero-order chi connectivity index (χ0) is 19.9. The van der Waals surface area contributed by atoms with Crippen LogP contribution in [0.5, 0.6) is 0 Å². The van der Waals surface area contributed by atoms with E-state index in [0.717, 1.165) is 30.3 Å². The molecule has 0 fully saturated rings. The standard InChI is InChI=1S/C16H6Cl2F7N/c17-10-5-11(14(19,15(20,21)22)16(23,24)25)13(12(18)6-10)9-3-1-8(7-26)2-4-9/h1-6H. The summed E-state index contributed by atoms with van der Waals surface area (Å²) < 4.78 is 93.4. The molecule has 0 aliphatic carbocycles. The molecule has 0 N–H and O–H groups in total. The summed E-state index contributed by atoms with van der Waals surface area (Å²) in [6.07, 6.45) is -12.6. The average molecular weight is 416 g/mol. The maximum absolute atomic E-state index is 14.6. The van der Waals surface area contributed by atoms with Gasteiger partial charge in [-0.1, -0.05) is 35.3 Å². The Hall–Kier alpha value is -1.98. The third-order valence-corrected chi connectivity index (χ3v) is 4.03. The third-order valence-electron chi connectivity index (χ3n) is 3.51. The zero-order valence-electron chi connectivity index (χ0n) is 12.3. The van der Waals surface area contributed by atoms with Crippen LogP contribution in [0.15, 0.2) is 36.4 Å². The Labute approximate surface area is 152 Å². The number of nitriles is 1. The van der Waals surface area contributed by atoms with Gasteiger partial charge in [0, 0.05) is 16.1 Å². The molecule has 10 heteroatoms. The van der Waals surface area contributed by atoms with Crippen molar-refractivity contribution >= 4 is 23.2 Å². The molecule has 0 saturated heterocycles. The smallest absolute Gasteiger partial charge is 0.218 e. The van der Waals surface area contributed by atoms with Gasteiger partial charge in [-0.3, -0.25) is 0 Å². The Kier molecular flexibility index (Phi) is 5.19. The first-order valence-electron chi connectivity index (χ1n) is 6.65. The molecule has 138 valence electrons. The van der Waals surface area contributed by atoms with Gasteiger partial charge in [-0.15, -0.1) is 0 Å². The van der Waals surface area contributed by atoms with Gasteiger partial charge in [0.05, 0.1) is 16.7 Å². The van der Waals surface area contributed by atoms with E-state index >= 15 is 0 Å². The number of alkyl halides is 7. The van der Waals surface area contributed by atoms with Crippen molar-refractivity contribution < 1.29 is 30.7 Å². The molecule has 0 aliphatic rings. The molecule has 26 heavy (non-hydrogen) atoms. The summed E-state index contributed by atoms with van der Waals surface area (Å²) >= 11 is 11.3. The van der Waals surface area contributed by atoms with Crippen molar-refractivity contribution in [1.82, 2.24) is 0 Å². The Morgan fingerprint density at radius 2 is 1.31 bits per heavy atom. The Balaban J connectivity index is 2.90. The third kappa shape index (κ3) is 3.33. The molecule has 0 saturated carbocycles. The minimum Gasteiger partial charge on any atom is -0.218 e. The molecule has 2 aromatic carbocycles. The van der Waals surface area contributed by atoms with Crippen LogP contribution in [0.3, 0.4) is 0 Å². The summed E-state index contributed by atoms with van der Waals surface area (Å²) in [7, 11) is 0. The van der Waals surface area contributed by atoms with Crippen molar-refractivity contribution in [2.45, 2.75) is 18.0 Å². The van der Waals surface area contributed by atoms with E-state index in [1.807, 2.05) is 0 Å². The van der Waals surface area contributed by atoms with Gasteiger partial charge in [0.15, 0.2) is 0 Å². The first kappa shape index (κ1) is 20.3. The molecule has 2 aromatic rings. The first-order chi connectivity index (χ1) is 11.8. The van der Waals surface area contributed by atoms with Crippen LogP contribution >= 0.6 is 23.2 Å². The lowest BCUT2D eigenvalue weighted by molar-refractivity contribution is -0.348. The van der Waals surface area contributed by atoms with Crippen molar-refractivity contribution in [3.8, 4) is 17.2 Å². The highest BCUT2D eigenvalue weighted by molar-refractivity contribution is 6.36. The van der Waals surface area contributed by atoms with Crippen molar-refractivity contribution in [2.75, 3.05) is 0 Å². The second-order valence-electron chi connectivity index (χ2n) is 5.15. The van der Waals surface area contributed by atoms with Crippen LogP contribution in [-0.2, 0) is 5.67 Å². The molecule has 0 radical (unpaired) electrons. The second-order valence-corrected chi connectivity index (χ2v) is 6.00. The highest BCUT2D eigenvalue weighted by Gasteiger charge is 2.74. The second kappa shape index (κ2) is 6.63. The van der Waals surface area contributed by atoms with E-state index in [2.05, 4.69) is 0 Å². The summed E-state index contributed by atoms with van der Waals surface area (Å²) in [6, 6.07) is 7.28. The van der Waals surface area contributed by atoms with Crippen molar-refractivity contribution in [1.29, 1.82) is 5.26 Å². The molecule has 0 spiro atoms. The Bertz CT molecular complexity index is 850. The van der Waals surface area contributed by atoms with E-state index in [-0.39, 0.29) is 17.2 Å². The van der Waals surface area contributed by atoms with E-state index in [1.165, 1.54) is 0 Å². The lowest BCUT2D eigenvalue weighted by Crippen LogP contribution is -2.50. The zero-order valence-corrected chi connectivity index (χ0v) is 13.8. The average Bonchev–Trinajstić information content (AvgIpc) is 2.51. The minimum absolute atomic E-state index is 0.0959. The molecule has 0 unspecified atom stereocenters. The van der Waals surface area contributed by atoms with Crippen LogP contribution in [0.25, 0.3) is 11.1 Å². The van der Waals surface area contributed by atoms with Crippen LogP contribution in [0.2, 0.25) is 10.0 Å². The fraction of sp³-hybridized carbons (Fsp3) is 0.188. The van der Waals surface area contributed by atoms with Crippen molar-refractivity contribution in [3.05, 3.63) is 57.6 Å². The molecule has 0 amide bonds. The lowest BCUT2D eigenvalue weighted by atomic mass is 9.86. The molecule has 0 bridgehead atoms. The van der Waals surface area contributed by atoms with Crippen LogP contribution < -0.4 is 0 Å². The van der Waals surface area contributed by atoms with E-state index in [4.69, 9.17) is 28.5 Å².